The zero-order valence-corrected chi connectivity index (χ0v) is 17.7. The minimum Gasteiger partial charge on any atom is -0.477 e. The van der Waals surface area contributed by atoms with Crippen LogP contribution in [0.25, 0.3) is 11.3 Å². The molecule has 0 unspecified atom stereocenters. The van der Waals surface area contributed by atoms with Crippen LogP contribution in [0.4, 0.5) is 0 Å². The van der Waals surface area contributed by atoms with Gasteiger partial charge in [0.1, 0.15) is 23.5 Å². The van der Waals surface area contributed by atoms with Gasteiger partial charge in [0.25, 0.3) is 5.91 Å². The van der Waals surface area contributed by atoms with Gasteiger partial charge in [0.15, 0.2) is 0 Å². The Hall–Kier alpha value is -3.29. The number of carbonyl (C=O) groups excluding carboxylic acids is 2. The smallest absolute Gasteiger partial charge is 0.353 e. The zero-order valence-electron chi connectivity index (χ0n) is 16.0. The van der Waals surface area contributed by atoms with Crippen LogP contribution in [0.2, 0.25) is 0 Å². The number of nitrogens with one attached hydrogen (secondary N) is 1. The van der Waals surface area contributed by atoms with E-state index in [4.69, 9.17) is 5.26 Å². The molecule has 31 heavy (non-hydrogen) atoms. The number of β-lactam (4-membered cyclic amide) rings is 1. The molecule has 1 aromatic heterocycles. The number of nitrogens with zero attached hydrogens (tertiary/aromatic N) is 3. The second-order valence-electron chi connectivity index (χ2n) is 6.69. The van der Waals surface area contributed by atoms with Crippen LogP contribution in [0, 0.1) is 11.3 Å². The highest BCUT2D eigenvalue weighted by atomic mass is 32.2. The molecule has 1 fully saturated rings. The lowest BCUT2D eigenvalue weighted by Crippen LogP contribution is -2.70. The lowest BCUT2D eigenvalue weighted by atomic mass is 10.0. The third kappa shape index (κ3) is 4.02. The highest BCUT2D eigenvalue weighted by Gasteiger charge is 2.54. The Kier molecular flexibility index (Phi) is 5.97. The fourth-order valence-electron chi connectivity index (χ4n) is 3.38. The number of nitriles is 1. The van der Waals surface area contributed by atoms with Gasteiger partial charge < -0.3 is 10.4 Å². The molecule has 0 aliphatic carbocycles. The van der Waals surface area contributed by atoms with Crippen molar-refractivity contribution in [3.8, 4) is 17.3 Å². The highest BCUT2D eigenvalue weighted by molar-refractivity contribution is 8.06. The second-order valence-corrected chi connectivity index (χ2v) is 8.93. The van der Waals surface area contributed by atoms with Gasteiger partial charge in [-0.15, -0.1) is 11.8 Å². The number of hydrogen-bond acceptors (Lipinski definition) is 7. The number of fused-ring (bicyclic) bond motifs is 1. The van der Waals surface area contributed by atoms with Gasteiger partial charge in [-0.2, -0.15) is 5.26 Å². The normalized spacial score (nSPS) is 19.8. The summed E-state index contributed by atoms with van der Waals surface area (Å²) in [7, 11) is 0. The molecule has 156 valence electrons. The van der Waals surface area contributed by atoms with E-state index in [0.29, 0.717) is 10.7 Å². The number of carboxylic acids is 1. The molecule has 2 aliphatic rings. The number of rotatable bonds is 6. The van der Waals surface area contributed by atoms with E-state index in [1.807, 2.05) is 36.4 Å². The Labute approximate surface area is 186 Å². The van der Waals surface area contributed by atoms with Crippen LogP contribution in [0.3, 0.4) is 0 Å². The van der Waals surface area contributed by atoms with Crippen LogP contribution in [-0.4, -0.2) is 49.9 Å². The number of benzene rings is 1. The monoisotopic (exact) mass is 452 g/mol. The number of carboxylic acid groups (broad SMARTS) is 1. The Bertz CT molecular complexity index is 1130. The van der Waals surface area contributed by atoms with Gasteiger partial charge in [0, 0.05) is 27.3 Å². The van der Waals surface area contributed by atoms with Gasteiger partial charge in [-0.3, -0.25) is 19.5 Å². The Morgan fingerprint density at radius 3 is 2.77 bits per heavy atom. The maximum atomic E-state index is 12.6. The topological polar surface area (TPSA) is 123 Å². The summed E-state index contributed by atoms with van der Waals surface area (Å²) in [4.78, 5) is 43.4. The molecule has 2 amide bonds. The lowest BCUT2D eigenvalue weighted by molar-refractivity contribution is -0.150. The Morgan fingerprint density at radius 1 is 1.29 bits per heavy atom. The molecule has 0 bridgehead atoms. The fraction of sp³-hybridized carbons (Fsp3) is 0.190. The molecule has 8 nitrogen and oxygen atoms in total. The van der Waals surface area contributed by atoms with Crippen molar-refractivity contribution in [2.24, 2.45) is 0 Å². The van der Waals surface area contributed by atoms with Crippen LogP contribution < -0.4 is 5.32 Å². The van der Waals surface area contributed by atoms with Crippen molar-refractivity contribution in [1.82, 2.24) is 15.2 Å². The minimum atomic E-state index is -1.20. The van der Waals surface area contributed by atoms with Crippen molar-refractivity contribution >= 4 is 41.3 Å². The van der Waals surface area contributed by atoms with Crippen molar-refractivity contribution in [2.75, 3.05) is 5.75 Å². The van der Waals surface area contributed by atoms with Gasteiger partial charge in [-0.1, -0.05) is 42.1 Å². The van der Waals surface area contributed by atoms with E-state index in [2.05, 4.69) is 10.3 Å². The summed E-state index contributed by atoms with van der Waals surface area (Å²) < 4.78 is 0. The lowest BCUT2D eigenvalue weighted by Gasteiger charge is -2.49. The predicted octanol–water partition coefficient (Wildman–Crippen LogP) is 2.45. The van der Waals surface area contributed by atoms with Gasteiger partial charge in [-0.05, 0) is 12.1 Å². The third-order valence-electron chi connectivity index (χ3n) is 4.74. The number of carbonyl (C=O) groups is 3. The van der Waals surface area contributed by atoms with E-state index in [1.165, 1.54) is 28.4 Å². The first-order valence-electron chi connectivity index (χ1n) is 9.27. The van der Waals surface area contributed by atoms with E-state index < -0.39 is 29.2 Å². The van der Waals surface area contributed by atoms with Gasteiger partial charge in [-0.25, -0.2) is 4.79 Å². The number of hydrogen-bond donors (Lipinski definition) is 2. The largest absolute Gasteiger partial charge is 0.477 e. The average molecular weight is 453 g/mol. The summed E-state index contributed by atoms with van der Waals surface area (Å²) in [5.74, 6) is -1.87. The van der Waals surface area contributed by atoms with Crippen molar-refractivity contribution in [3.05, 3.63) is 59.3 Å². The molecule has 2 atom stereocenters. The van der Waals surface area contributed by atoms with Crippen LogP contribution in [0.1, 0.15) is 6.42 Å². The average Bonchev–Trinajstić information content (AvgIpc) is 2.78. The number of amides is 2. The summed E-state index contributed by atoms with van der Waals surface area (Å²) in [5, 5.41) is 20.5. The number of pyridine rings is 1. The summed E-state index contributed by atoms with van der Waals surface area (Å²) in [5.41, 5.74) is 1.56. The predicted molar refractivity (Wildman–Crippen MR) is 115 cm³/mol. The fourth-order valence-corrected chi connectivity index (χ4v) is 5.98. The van der Waals surface area contributed by atoms with Crippen molar-refractivity contribution in [1.29, 1.82) is 5.26 Å². The molecule has 2 N–H and O–H groups in total. The molecule has 0 radical (unpaired) electrons. The SMILES string of the molecule is N#CCC(=O)N[C@@H]1C(=O)N2C(C(=O)O)=C(Sc3cccnc3-c3ccccc3)CS[C@@H]12. The number of thioether (sulfide) groups is 2. The number of aliphatic carboxylic acids is 1. The van der Waals surface area contributed by atoms with E-state index in [-0.39, 0.29) is 12.1 Å². The van der Waals surface area contributed by atoms with Gasteiger partial charge in [0.2, 0.25) is 5.91 Å². The van der Waals surface area contributed by atoms with E-state index in [0.717, 1.165) is 16.2 Å². The molecule has 2 aliphatic heterocycles. The molecule has 3 heterocycles. The molecule has 10 heteroatoms. The molecule has 0 spiro atoms. The van der Waals surface area contributed by atoms with E-state index in [9.17, 15) is 19.5 Å². The molecular weight excluding hydrogens is 436 g/mol. The molecule has 0 saturated carbocycles. The van der Waals surface area contributed by atoms with Crippen LogP contribution >= 0.6 is 23.5 Å². The van der Waals surface area contributed by atoms with Crippen molar-refractivity contribution < 1.29 is 19.5 Å². The molecular formula is C21H16N4O4S2. The van der Waals surface area contributed by atoms with Gasteiger partial charge >= 0.3 is 5.97 Å². The minimum absolute atomic E-state index is 0.0765. The van der Waals surface area contributed by atoms with Crippen molar-refractivity contribution in [2.45, 2.75) is 22.7 Å². The summed E-state index contributed by atoms with van der Waals surface area (Å²) in [6.07, 6.45) is 1.32. The first-order valence-corrected chi connectivity index (χ1v) is 11.1. The van der Waals surface area contributed by atoms with Crippen LogP contribution in [-0.2, 0) is 14.4 Å². The third-order valence-corrected chi connectivity index (χ3v) is 7.34. The summed E-state index contributed by atoms with van der Waals surface area (Å²) in [6, 6.07) is 14.1. The summed E-state index contributed by atoms with van der Waals surface area (Å²) >= 11 is 2.66. The first-order chi connectivity index (χ1) is 15.0. The highest BCUT2D eigenvalue weighted by Crippen LogP contribution is 2.46. The van der Waals surface area contributed by atoms with Crippen LogP contribution in [0.5, 0.6) is 0 Å². The zero-order chi connectivity index (χ0) is 22.0. The maximum absolute atomic E-state index is 12.6. The van der Waals surface area contributed by atoms with E-state index >= 15 is 0 Å². The quantitative estimate of drug-likeness (QED) is 0.641. The molecule has 1 saturated heterocycles. The Balaban J connectivity index is 1.63. The summed E-state index contributed by atoms with van der Waals surface area (Å²) in [6.45, 7) is 0. The first kappa shape index (κ1) is 21.0. The number of aromatic nitrogens is 1. The van der Waals surface area contributed by atoms with E-state index in [1.54, 1.807) is 18.3 Å². The van der Waals surface area contributed by atoms with Crippen LogP contribution in [0.15, 0.2) is 64.2 Å². The molecule has 1 aromatic carbocycles. The second kappa shape index (κ2) is 8.83. The standard InChI is InChI=1S/C21H16N4O4S2/c22-9-8-15(26)24-17-19(27)25-18(21(28)29)14(11-30-20(17)25)31-13-7-4-10-23-16(13)12-5-2-1-3-6-12/h1-7,10,17,20H,8,11H2,(H,24,26)(H,28,29)/t17-,20+/m1/s1. The maximum Gasteiger partial charge on any atom is 0.353 e. The molecule has 4 rings (SSSR count). The Morgan fingerprint density at radius 2 is 2.06 bits per heavy atom. The van der Waals surface area contributed by atoms with Gasteiger partial charge in [0.05, 0.1) is 11.8 Å². The van der Waals surface area contributed by atoms with Crippen molar-refractivity contribution in [3.63, 3.8) is 0 Å². The molecule has 2 aromatic rings.